The van der Waals surface area contributed by atoms with Crippen molar-refractivity contribution in [2.45, 2.75) is 20.0 Å². The number of alkyl halides is 3. The molecule has 0 aromatic heterocycles. The van der Waals surface area contributed by atoms with Crippen LogP contribution in [0.4, 0.5) is 18.9 Å². The van der Waals surface area contributed by atoms with E-state index >= 15 is 0 Å². The Kier molecular flexibility index (Phi) is 4.00. The van der Waals surface area contributed by atoms with Crippen LogP contribution in [-0.2, 0) is 6.18 Å². The minimum absolute atomic E-state index is 0.0748. The third-order valence-corrected chi connectivity index (χ3v) is 2.55. The molecule has 0 radical (unpaired) electrons. The fourth-order valence-corrected chi connectivity index (χ4v) is 1.40. The maximum atomic E-state index is 12.7. The SMILES string of the molecule is C/C(C=N)=C(/N)Nc1cccc(C(F)(F)F)c1C. The Labute approximate surface area is 103 Å². The van der Waals surface area contributed by atoms with Crippen LogP contribution in [-0.4, -0.2) is 6.21 Å². The average molecular weight is 257 g/mol. The van der Waals surface area contributed by atoms with Gasteiger partial charge in [0, 0.05) is 17.5 Å². The van der Waals surface area contributed by atoms with Gasteiger partial charge in [0.05, 0.1) is 5.56 Å². The molecule has 0 unspecified atom stereocenters. The van der Waals surface area contributed by atoms with Gasteiger partial charge < -0.3 is 16.5 Å². The zero-order chi connectivity index (χ0) is 13.9. The molecule has 0 amide bonds. The Morgan fingerprint density at radius 2 is 2.00 bits per heavy atom. The topological polar surface area (TPSA) is 61.9 Å². The van der Waals surface area contributed by atoms with E-state index in [-0.39, 0.29) is 17.1 Å². The molecule has 1 aromatic rings. The maximum Gasteiger partial charge on any atom is 0.416 e. The summed E-state index contributed by atoms with van der Waals surface area (Å²) in [6.07, 6.45) is -3.36. The average Bonchev–Trinajstić information content (AvgIpc) is 2.29. The van der Waals surface area contributed by atoms with E-state index in [4.69, 9.17) is 11.1 Å². The van der Waals surface area contributed by atoms with Crippen LogP contribution in [0.25, 0.3) is 0 Å². The molecule has 0 bridgehead atoms. The van der Waals surface area contributed by atoms with Crippen LogP contribution in [0.5, 0.6) is 0 Å². The molecule has 0 spiro atoms. The molecular weight excluding hydrogens is 243 g/mol. The van der Waals surface area contributed by atoms with E-state index in [0.29, 0.717) is 5.57 Å². The van der Waals surface area contributed by atoms with Gasteiger partial charge >= 0.3 is 6.18 Å². The minimum Gasteiger partial charge on any atom is -0.385 e. The van der Waals surface area contributed by atoms with E-state index < -0.39 is 11.7 Å². The molecule has 0 heterocycles. The molecule has 0 atom stereocenters. The first-order valence-electron chi connectivity index (χ1n) is 5.18. The Bertz CT molecular complexity index is 490. The van der Waals surface area contributed by atoms with Gasteiger partial charge in [0.2, 0.25) is 0 Å². The number of hydrogen-bond acceptors (Lipinski definition) is 3. The van der Waals surface area contributed by atoms with Gasteiger partial charge in [-0.1, -0.05) is 6.07 Å². The third-order valence-electron chi connectivity index (χ3n) is 2.55. The highest BCUT2D eigenvalue weighted by molar-refractivity contribution is 5.77. The Hall–Kier alpha value is -1.98. The monoisotopic (exact) mass is 257 g/mol. The predicted octanol–water partition coefficient (Wildman–Crippen LogP) is 3.27. The Morgan fingerprint density at radius 3 is 2.50 bits per heavy atom. The van der Waals surface area contributed by atoms with Crippen LogP contribution < -0.4 is 11.1 Å². The summed E-state index contributed by atoms with van der Waals surface area (Å²) in [7, 11) is 0. The second-order valence-electron chi connectivity index (χ2n) is 3.84. The van der Waals surface area contributed by atoms with Gasteiger partial charge in [-0.15, -0.1) is 0 Å². The summed E-state index contributed by atoms with van der Waals surface area (Å²) in [5, 5.41) is 9.70. The molecule has 0 aliphatic heterocycles. The van der Waals surface area contributed by atoms with E-state index in [1.54, 1.807) is 6.92 Å². The minimum atomic E-state index is -4.39. The van der Waals surface area contributed by atoms with Crippen LogP contribution >= 0.6 is 0 Å². The summed E-state index contributed by atoms with van der Waals surface area (Å²) in [5.74, 6) is 0.160. The zero-order valence-corrected chi connectivity index (χ0v) is 10.0. The molecule has 0 fully saturated rings. The highest BCUT2D eigenvalue weighted by Crippen LogP contribution is 2.34. The lowest BCUT2D eigenvalue weighted by molar-refractivity contribution is -0.138. The van der Waals surface area contributed by atoms with Crippen molar-refractivity contribution in [1.82, 2.24) is 0 Å². The summed E-state index contributed by atoms with van der Waals surface area (Å²) in [5.41, 5.74) is 5.73. The van der Waals surface area contributed by atoms with Crippen LogP contribution in [0.2, 0.25) is 0 Å². The summed E-state index contributed by atoms with van der Waals surface area (Å²) in [4.78, 5) is 0. The van der Waals surface area contributed by atoms with Gasteiger partial charge in [-0.2, -0.15) is 13.2 Å². The van der Waals surface area contributed by atoms with Crippen molar-refractivity contribution in [2.24, 2.45) is 5.73 Å². The number of hydrogen-bond donors (Lipinski definition) is 3. The van der Waals surface area contributed by atoms with Gasteiger partial charge in [-0.25, -0.2) is 0 Å². The standard InChI is InChI=1S/C12H14F3N3/c1-7(6-16)11(17)18-10-5-3-4-9(8(10)2)12(13,14)15/h3-6,16,18H,17H2,1-2H3/b11-7+,16-6?. The van der Waals surface area contributed by atoms with Crippen molar-refractivity contribution in [3.8, 4) is 0 Å². The van der Waals surface area contributed by atoms with Gasteiger partial charge in [-0.05, 0) is 31.5 Å². The van der Waals surface area contributed by atoms with Crippen molar-refractivity contribution in [3.05, 3.63) is 40.7 Å². The number of benzene rings is 1. The number of anilines is 1. The van der Waals surface area contributed by atoms with Crippen LogP contribution in [0, 0.1) is 12.3 Å². The predicted molar refractivity (Wildman–Crippen MR) is 65.5 cm³/mol. The number of rotatable bonds is 3. The number of halogens is 3. The molecule has 1 rings (SSSR count). The fraction of sp³-hybridized carbons (Fsp3) is 0.250. The van der Waals surface area contributed by atoms with Gasteiger partial charge in [-0.3, -0.25) is 0 Å². The fourth-order valence-electron chi connectivity index (χ4n) is 1.40. The Morgan fingerprint density at radius 1 is 1.39 bits per heavy atom. The van der Waals surface area contributed by atoms with Crippen LogP contribution in [0.3, 0.4) is 0 Å². The molecule has 0 saturated carbocycles. The van der Waals surface area contributed by atoms with E-state index in [0.717, 1.165) is 12.3 Å². The number of allylic oxidation sites excluding steroid dienone is 1. The molecule has 0 saturated heterocycles. The van der Waals surface area contributed by atoms with Crippen molar-refractivity contribution >= 4 is 11.9 Å². The van der Waals surface area contributed by atoms with Crippen molar-refractivity contribution in [1.29, 1.82) is 5.41 Å². The normalized spacial score (nSPS) is 12.9. The summed E-state index contributed by atoms with van der Waals surface area (Å²) in [6.45, 7) is 2.97. The highest BCUT2D eigenvalue weighted by atomic mass is 19.4. The second-order valence-corrected chi connectivity index (χ2v) is 3.84. The first-order valence-corrected chi connectivity index (χ1v) is 5.18. The lowest BCUT2D eigenvalue weighted by Crippen LogP contribution is -2.15. The lowest BCUT2D eigenvalue weighted by Gasteiger charge is -2.15. The number of nitrogens with one attached hydrogen (secondary N) is 2. The molecule has 6 heteroatoms. The molecule has 3 nitrogen and oxygen atoms in total. The summed E-state index contributed by atoms with van der Waals surface area (Å²) in [6, 6.07) is 3.84. The highest BCUT2D eigenvalue weighted by Gasteiger charge is 2.32. The van der Waals surface area contributed by atoms with Crippen molar-refractivity contribution in [2.75, 3.05) is 5.32 Å². The first-order chi connectivity index (χ1) is 8.27. The summed E-state index contributed by atoms with van der Waals surface area (Å²) < 4.78 is 38.1. The van der Waals surface area contributed by atoms with Crippen molar-refractivity contribution in [3.63, 3.8) is 0 Å². The lowest BCUT2D eigenvalue weighted by atomic mass is 10.1. The van der Waals surface area contributed by atoms with Gasteiger partial charge in [0.1, 0.15) is 5.82 Å². The molecule has 0 aliphatic carbocycles. The van der Waals surface area contributed by atoms with E-state index in [9.17, 15) is 13.2 Å². The van der Waals surface area contributed by atoms with E-state index in [1.807, 2.05) is 0 Å². The van der Waals surface area contributed by atoms with Crippen LogP contribution in [0.15, 0.2) is 29.6 Å². The molecule has 98 valence electrons. The van der Waals surface area contributed by atoms with E-state index in [2.05, 4.69) is 5.32 Å². The van der Waals surface area contributed by atoms with Crippen LogP contribution in [0.1, 0.15) is 18.1 Å². The summed E-state index contributed by atoms with van der Waals surface area (Å²) >= 11 is 0. The molecular formula is C12H14F3N3. The Balaban J connectivity index is 3.17. The van der Waals surface area contributed by atoms with Crippen molar-refractivity contribution < 1.29 is 13.2 Å². The molecule has 18 heavy (non-hydrogen) atoms. The first kappa shape index (κ1) is 14.1. The molecule has 4 N–H and O–H groups in total. The quantitative estimate of drug-likeness (QED) is 0.728. The molecule has 0 aliphatic rings. The number of nitrogens with two attached hydrogens (primary N) is 1. The van der Waals surface area contributed by atoms with Gasteiger partial charge in [0.15, 0.2) is 0 Å². The van der Waals surface area contributed by atoms with E-state index in [1.165, 1.54) is 19.1 Å². The van der Waals surface area contributed by atoms with Gasteiger partial charge in [0.25, 0.3) is 0 Å². The zero-order valence-electron chi connectivity index (χ0n) is 10.0. The molecule has 1 aromatic carbocycles. The second kappa shape index (κ2) is 5.12. The third kappa shape index (κ3) is 3.03. The largest absolute Gasteiger partial charge is 0.416 e. The smallest absolute Gasteiger partial charge is 0.385 e. The maximum absolute atomic E-state index is 12.7.